The summed E-state index contributed by atoms with van der Waals surface area (Å²) >= 11 is 0. The Morgan fingerprint density at radius 2 is 2.17 bits per heavy atom. The van der Waals surface area contributed by atoms with Crippen molar-refractivity contribution in [2.75, 3.05) is 18.5 Å². The first-order valence-electron chi connectivity index (χ1n) is 6.02. The summed E-state index contributed by atoms with van der Waals surface area (Å²) in [6.45, 7) is 6.39. The van der Waals surface area contributed by atoms with Crippen molar-refractivity contribution >= 4 is 11.4 Å². The van der Waals surface area contributed by atoms with Crippen LogP contribution in [0, 0.1) is 22.5 Å². The Kier molecular flexibility index (Phi) is 4.67. The molecule has 0 aromatic heterocycles. The van der Waals surface area contributed by atoms with E-state index in [-0.39, 0.29) is 22.6 Å². The Labute approximate surface area is 107 Å². The summed E-state index contributed by atoms with van der Waals surface area (Å²) in [6, 6.07) is 4.97. The lowest BCUT2D eigenvalue weighted by Gasteiger charge is -2.26. The van der Waals surface area contributed by atoms with E-state index in [1.54, 1.807) is 13.0 Å². The third-order valence-electron chi connectivity index (χ3n) is 3.44. The van der Waals surface area contributed by atoms with Crippen molar-refractivity contribution in [3.05, 3.63) is 33.9 Å². The maximum Gasteiger partial charge on any atom is 0.274 e. The summed E-state index contributed by atoms with van der Waals surface area (Å²) in [5.74, 6) is 0. The van der Waals surface area contributed by atoms with Crippen molar-refractivity contribution in [2.24, 2.45) is 5.41 Å². The van der Waals surface area contributed by atoms with E-state index in [0.29, 0.717) is 12.1 Å². The third kappa shape index (κ3) is 3.20. The molecule has 0 heterocycles. The molecule has 1 rings (SSSR count). The van der Waals surface area contributed by atoms with Gasteiger partial charge in [-0.1, -0.05) is 19.9 Å². The van der Waals surface area contributed by atoms with Crippen molar-refractivity contribution in [2.45, 2.75) is 27.2 Å². The number of rotatable bonds is 6. The molecule has 0 bridgehead atoms. The van der Waals surface area contributed by atoms with E-state index in [0.717, 1.165) is 12.1 Å². The Morgan fingerprint density at radius 1 is 1.50 bits per heavy atom. The third-order valence-corrected chi connectivity index (χ3v) is 3.44. The molecule has 5 nitrogen and oxygen atoms in total. The Balaban J connectivity index is 2.86. The molecule has 1 unspecified atom stereocenters. The van der Waals surface area contributed by atoms with Crippen LogP contribution in [-0.2, 0) is 0 Å². The van der Waals surface area contributed by atoms with E-state index < -0.39 is 0 Å². The van der Waals surface area contributed by atoms with Gasteiger partial charge >= 0.3 is 0 Å². The molecular weight excluding hydrogens is 232 g/mol. The van der Waals surface area contributed by atoms with Gasteiger partial charge in [-0.05, 0) is 19.4 Å². The largest absolute Gasteiger partial charge is 0.396 e. The Morgan fingerprint density at radius 3 is 2.67 bits per heavy atom. The lowest BCUT2D eigenvalue weighted by atomic mass is 9.88. The predicted octanol–water partition coefficient (Wildman–Crippen LogP) is 2.72. The zero-order chi connectivity index (χ0) is 13.8. The lowest BCUT2D eigenvalue weighted by molar-refractivity contribution is -0.385. The number of nitrogens with zero attached hydrogens (tertiary/aromatic N) is 1. The molecule has 5 heteroatoms. The summed E-state index contributed by atoms with van der Waals surface area (Å²) in [7, 11) is 0. The van der Waals surface area contributed by atoms with Crippen LogP contribution in [0.2, 0.25) is 0 Å². The molecule has 0 fully saturated rings. The molecule has 0 saturated heterocycles. The van der Waals surface area contributed by atoms with E-state index in [1.165, 1.54) is 6.07 Å². The average molecular weight is 252 g/mol. The monoisotopic (exact) mass is 252 g/mol. The SMILES string of the molecule is CCC(C)(CO)CNc1cccc([N+](=O)[O-])c1C. The quantitative estimate of drug-likeness (QED) is 0.603. The molecule has 0 aliphatic carbocycles. The second-order valence-corrected chi connectivity index (χ2v) is 4.88. The zero-order valence-corrected chi connectivity index (χ0v) is 11.1. The molecule has 0 saturated carbocycles. The van der Waals surface area contributed by atoms with E-state index in [9.17, 15) is 15.2 Å². The van der Waals surface area contributed by atoms with Crippen LogP contribution in [0.25, 0.3) is 0 Å². The number of nitro groups is 1. The number of benzene rings is 1. The number of nitro benzene ring substituents is 1. The van der Waals surface area contributed by atoms with Crippen LogP contribution < -0.4 is 5.32 Å². The van der Waals surface area contributed by atoms with Gasteiger partial charge in [0.2, 0.25) is 0 Å². The van der Waals surface area contributed by atoms with Crippen LogP contribution in [0.1, 0.15) is 25.8 Å². The highest BCUT2D eigenvalue weighted by Crippen LogP contribution is 2.27. The topological polar surface area (TPSA) is 75.4 Å². The minimum Gasteiger partial charge on any atom is -0.396 e. The normalized spacial score (nSPS) is 14.0. The zero-order valence-electron chi connectivity index (χ0n) is 11.1. The molecule has 100 valence electrons. The minimum atomic E-state index is -0.383. The van der Waals surface area contributed by atoms with Crippen LogP contribution in [-0.4, -0.2) is 23.2 Å². The predicted molar refractivity (Wildman–Crippen MR) is 71.8 cm³/mol. The van der Waals surface area contributed by atoms with Gasteiger partial charge in [0.05, 0.1) is 11.5 Å². The summed E-state index contributed by atoms with van der Waals surface area (Å²) in [6.07, 6.45) is 0.838. The summed E-state index contributed by atoms with van der Waals surface area (Å²) in [5, 5.41) is 23.3. The summed E-state index contributed by atoms with van der Waals surface area (Å²) in [4.78, 5) is 10.4. The number of aliphatic hydroxyl groups excluding tert-OH is 1. The highest BCUT2D eigenvalue weighted by Gasteiger charge is 2.21. The number of anilines is 1. The number of hydrogen-bond donors (Lipinski definition) is 2. The molecule has 1 atom stereocenters. The van der Waals surface area contributed by atoms with Crippen LogP contribution in [0.15, 0.2) is 18.2 Å². The van der Waals surface area contributed by atoms with Crippen LogP contribution in [0.4, 0.5) is 11.4 Å². The molecule has 2 N–H and O–H groups in total. The molecule has 1 aromatic carbocycles. The first-order valence-corrected chi connectivity index (χ1v) is 6.02. The smallest absolute Gasteiger partial charge is 0.274 e. The average Bonchev–Trinajstić information content (AvgIpc) is 2.37. The number of hydrogen-bond acceptors (Lipinski definition) is 4. The first-order chi connectivity index (χ1) is 8.43. The molecule has 0 spiro atoms. The molecule has 18 heavy (non-hydrogen) atoms. The number of aliphatic hydroxyl groups is 1. The maximum atomic E-state index is 10.8. The Bertz CT molecular complexity index is 428. The molecule has 0 aliphatic rings. The van der Waals surface area contributed by atoms with E-state index in [1.807, 2.05) is 19.9 Å². The van der Waals surface area contributed by atoms with Gasteiger partial charge in [-0.3, -0.25) is 10.1 Å². The van der Waals surface area contributed by atoms with Gasteiger partial charge in [-0.2, -0.15) is 0 Å². The van der Waals surface area contributed by atoms with Crippen LogP contribution >= 0.6 is 0 Å². The standard InChI is InChI=1S/C13H20N2O3/c1-4-13(3,9-16)8-14-11-6-5-7-12(10(11)2)15(17)18/h5-7,14,16H,4,8-9H2,1-3H3. The van der Waals surface area contributed by atoms with Crippen LogP contribution in [0.3, 0.4) is 0 Å². The van der Waals surface area contributed by atoms with Crippen LogP contribution in [0.5, 0.6) is 0 Å². The maximum absolute atomic E-state index is 10.8. The van der Waals surface area contributed by atoms with Gasteiger partial charge in [0.25, 0.3) is 5.69 Å². The highest BCUT2D eigenvalue weighted by molar-refractivity contribution is 5.59. The Hall–Kier alpha value is -1.62. The fourth-order valence-corrected chi connectivity index (χ4v) is 1.61. The number of nitrogens with one attached hydrogen (secondary N) is 1. The van der Waals surface area contributed by atoms with Crippen molar-refractivity contribution in [1.29, 1.82) is 0 Å². The second kappa shape index (κ2) is 5.82. The summed E-state index contributed by atoms with van der Waals surface area (Å²) in [5.41, 5.74) is 1.27. The van der Waals surface area contributed by atoms with Crippen molar-refractivity contribution in [3.8, 4) is 0 Å². The van der Waals surface area contributed by atoms with Gasteiger partial charge in [-0.15, -0.1) is 0 Å². The fraction of sp³-hybridized carbons (Fsp3) is 0.538. The molecule has 0 aliphatic heterocycles. The molecule has 1 aromatic rings. The van der Waals surface area contributed by atoms with E-state index in [2.05, 4.69) is 5.32 Å². The summed E-state index contributed by atoms with van der Waals surface area (Å²) < 4.78 is 0. The van der Waals surface area contributed by atoms with Gasteiger partial charge < -0.3 is 10.4 Å². The lowest BCUT2D eigenvalue weighted by Crippen LogP contribution is -2.29. The van der Waals surface area contributed by atoms with Gasteiger partial charge in [0.1, 0.15) is 0 Å². The van der Waals surface area contributed by atoms with Gasteiger partial charge in [0.15, 0.2) is 0 Å². The van der Waals surface area contributed by atoms with Gasteiger partial charge in [-0.25, -0.2) is 0 Å². The highest BCUT2D eigenvalue weighted by atomic mass is 16.6. The minimum absolute atomic E-state index is 0.0878. The van der Waals surface area contributed by atoms with E-state index in [4.69, 9.17) is 0 Å². The molecule has 0 radical (unpaired) electrons. The van der Waals surface area contributed by atoms with E-state index >= 15 is 0 Å². The van der Waals surface area contributed by atoms with Crippen molar-refractivity contribution in [3.63, 3.8) is 0 Å². The van der Waals surface area contributed by atoms with Gasteiger partial charge in [0, 0.05) is 29.3 Å². The second-order valence-electron chi connectivity index (χ2n) is 4.88. The van der Waals surface area contributed by atoms with Crippen molar-refractivity contribution in [1.82, 2.24) is 0 Å². The fourth-order valence-electron chi connectivity index (χ4n) is 1.61. The molecular formula is C13H20N2O3. The first kappa shape index (κ1) is 14.4. The molecule has 0 amide bonds. The van der Waals surface area contributed by atoms with Crippen molar-refractivity contribution < 1.29 is 10.0 Å².